The molecule has 0 aliphatic rings. The molecular formula is C20H21N3O5S. The van der Waals surface area contributed by atoms with Crippen molar-refractivity contribution in [1.29, 1.82) is 0 Å². The summed E-state index contributed by atoms with van der Waals surface area (Å²) in [5.74, 6) is 1.17. The van der Waals surface area contributed by atoms with Gasteiger partial charge in [-0.3, -0.25) is 9.59 Å². The summed E-state index contributed by atoms with van der Waals surface area (Å²) in [6.45, 7) is 2.71. The number of methoxy groups -OCH3 is 2. The standard InChI is InChI=1S/C20H21N3O5S/c1-4-21-19(25)16-8-6-14(28-16)12-23-9-10-29-20(23)22-18(24)13-5-7-15(26-2)17(11-13)27-3/h5-11H,4,12H2,1-3H3,(H,21,25). The first kappa shape index (κ1) is 20.4. The van der Waals surface area contributed by atoms with Crippen molar-refractivity contribution >= 4 is 23.2 Å². The first-order valence-corrected chi connectivity index (χ1v) is 9.75. The number of nitrogens with one attached hydrogen (secondary N) is 1. The molecule has 8 nitrogen and oxygen atoms in total. The number of furan rings is 1. The summed E-state index contributed by atoms with van der Waals surface area (Å²) in [6, 6.07) is 8.24. The van der Waals surface area contributed by atoms with Crippen LogP contribution in [0.3, 0.4) is 0 Å². The van der Waals surface area contributed by atoms with Crippen molar-refractivity contribution in [2.75, 3.05) is 20.8 Å². The van der Waals surface area contributed by atoms with Crippen molar-refractivity contribution in [3.8, 4) is 11.5 Å². The number of hydrogen-bond donors (Lipinski definition) is 1. The molecule has 0 radical (unpaired) electrons. The van der Waals surface area contributed by atoms with Gasteiger partial charge in [-0.2, -0.15) is 4.99 Å². The quantitative estimate of drug-likeness (QED) is 0.640. The van der Waals surface area contributed by atoms with Gasteiger partial charge in [0.2, 0.25) is 0 Å². The maximum Gasteiger partial charge on any atom is 0.286 e. The summed E-state index contributed by atoms with van der Waals surface area (Å²) in [7, 11) is 3.04. The molecule has 1 aromatic carbocycles. The topological polar surface area (TPSA) is 95.1 Å². The monoisotopic (exact) mass is 415 g/mol. The van der Waals surface area contributed by atoms with E-state index in [1.54, 1.807) is 41.1 Å². The van der Waals surface area contributed by atoms with Gasteiger partial charge in [-0.1, -0.05) is 0 Å². The van der Waals surface area contributed by atoms with Gasteiger partial charge in [0.15, 0.2) is 22.1 Å². The first-order chi connectivity index (χ1) is 14.0. The second-order valence-corrected chi connectivity index (χ2v) is 6.80. The van der Waals surface area contributed by atoms with Gasteiger partial charge in [-0.15, -0.1) is 11.3 Å². The van der Waals surface area contributed by atoms with E-state index in [0.717, 1.165) is 0 Å². The molecule has 3 rings (SSSR count). The van der Waals surface area contributed by atoms with E-state index in [1.807, 2.05) is 12.3 Å². The molecule has 2 heterocycles. The lowest BCUT2D eigenvalue weighted by molar-refractivity contribution is 0.0925. The van der Waals surface area contributed by atoms with Crippen molar-refractivity contribution in [3.63, 3.8) is 0 Å². The second kappa shape index (κ2) is 9.24. The van der Waals surface area contributed by atoms with Crippen molar-refractivity contribution in [2.24, 2.45) is 4.99 Å². The molecule has 0 unspecified atom stereocenters. The molecule has 0 fully saturated rings. The van der Waals surface area contributed by atoms with Crippen LogP contribution in [0.15, 0.2) is 51.3 Å². The Morgan fingerprint density at radius 2 is 1.97 bits per heavy atom. The fourth-order valence-corrected chi connectivity index (χ4v) is 3.35. The highest BCUT2D eigenvalue weighted by Crippen LogP contribution is 2.27. The minimum Gasteiger partial charge on any atom is -0.493 e. The van der Waals surface area contributed by atoms with Crippen LogP contribution in [0.1, 0.15) is 33.6 Å². The minimum absolute atomic E-state index is 0.248. The van der Waals surface area contributed by atoms with E-state index in [1.165, 1.54) is 25.6 Å². The summed E-state index contributed by atoms with van der Waals surface area (Å²) in [5.41, 5.74) is 0.388. The molecule has 0 aliphatic heterocycles. The molecule has 0 bridgehead atoms. The fraction of sp³-hybridized carbons (Fsp3) is 0.250. The Bertz CT molecular complexity index is 1080. The highest BCUT2D eigenvalue weighted by Gasteiger charge is 2.12. The van der Waals surface area contributed by atoms with Crippen LogP contribution < -0.4 is 19.6 Å². The van der Waals surface area contributed by atoms with Gasteiger partial charge in [0.25, 0.3) is 11.8 Å². The van der Waals surface area contributed by atoms with Crippen LogP contribution in [0.2, 0.25) is 0 Å². The number of ether oxygens (including phenoxy) is 2. The van der Waals surface area contributed by atoms with E-state index in [4.69, 9.17) is 13.9 Å². The van der Waals surface area contributed by atoms with Gasteiger partial charge in [-0.05, 0) is 37.3 Å². The Morgan fingerprint density at radius 3 is 2.69 bits per heavy atom. The van der Waals surface area contributed by atoms with E-state index in [0.29, 0.717) is 40.7 Å². The Hall–Kier alpha value is -3.33. The van der Waals surface area contributed by atoms with E-state index in [9.17, 15) is 9.59 Å². The van der Waals surface area contributed by atoms with E-state index in [-0.39, 0.29) is 11.7 Å². The lowest BCUT2D eigenvalue weighted by Crippen LogP contribution is -2.22. The highest BCUT2D eigenvalue weighted by molar-refractivity contribution is 7.07. The van der Waals surface area contributed by atoms with Gasteiger partial charge in [0.05, 0.1) is 20.8 Å². The van der Waals surface area contributed by atoms with E-state index >= 15 is 0 Å². The molecule has 0 aliphatic carbocycles. The number of hydrogen-bond acceptors (Lipinski definition) is 6. The summed E-state index contributed by atoms with van der Waals surface area (Å²) in [6.07, 6.45) is 1.81. The first-order valence-electron chi connectivity index (χ1n) is 8.87. The number of carbonyl (C=O) groups excluding carboxylic acids is 2. The zero-order valence-corrected chi connectivity index (χ0v) is 17.1. The number of benzene rings is 1. The molecule has 2 aromatic heterocycles. The van der Waals surface area contributed by atoms with Crippen LogP contribution in [0.25, 0.3) is 0 Å². The van der Waals surface area contributed by atoms with Gasteiger partial charge in [0, 0.05) is 23.7 Å². The Labute approximate surface area is 171 Å². The van der Waals surface area contributed by atoms with Gasteiger partial charge in [0.1, 0.15) is 5.76 Å². The molecule has 29 heavy (non-hydrogen) atoms. The van der Waals surface area contributed by atoms with Crippen LogP contribution in [0.5, 0.6) is 11.5 Å². The van der Waals surface area contributed by atoms with Crippen molar-refractivity contribution in [1.82, 2.24) is 9.88 Å². The minimum atomic E-state index is -0.399. The SMILES string of the molecule is CCNC(=O)c1ccc(Cn2ccsc2=NC(=O)c2ccc(OC)c(OC)c2)o1. The smallest absolute Gasteiger partial charge is 0.286 e. The molecule has 0 spiro atoms. The second-order valence-electron chi connectivity index (χ2n) is 5.93. The Morgan fingerprint density at radius 1 is 1.17 bits per heavy atom. The molecule has 0 saturated heterocycles. The van der Waals surface area contributed by atoms with Crippen molar-refractivity contribution < 1.29 is 23.5 Å². The molecule has 2 amide bonds. The Kier molecular flexibility index (Phi) is 6.50. The number of thiazole rings is 1. The molecule has 3 aromatic rings. The number of amides is 2. The van der Waals surface area contributed by atoms with E-state index < -0.39 is 5.91 Å². The average Bonchev–Trinajstić information content (AvgIpc) is 3.37. The summed E-state index contributed by atoms with van der Waals surface area (Å²) in [4.78, 5) is 29.2. The maximum atomic E-state index is 12.6. The van der Waals surface area contributed by atoms with Gasteiger partial charge < -0.3 is 23.8 Å². The summed E-state index contributed by atoms with van der Waals surface area (Å²) < 4.78 is 17.8. The Balaban J connectivity index is 1.82. The number of carbonyl (C=O) groups is 2. The van der Waals surface area contributed by atoms with Crippen molar-refractivity contribution in [2.45, 2.75) is 13.5 Å². The number of rotatable bonds is 7. The molecule has 9 heteroatoms. The third-order valence-corrected chi connectivity index (χ3v) is 4.83. The molecule has 1 N–H and O–H groups in total. The van der Waals surface area contributed by atoms with Crippen LogP contribution in [0, 0.1) is 0 Å². The lowest BCUT2D eigenvalue weighted by Gasteiger charge is -2.07. The maximum absolute atomic E-state index is 12.6. The van der Waals surface area contributed by atoms with Gasteiger partial charge in [-0.25, -0.2) is 0 Å². The third kappa shape index (κ3) is 4.75. The molecule has 0 atom stereocenters. The molecule has 0 saturated carbocycles. The zero-order chi connectivity index (χ0) is 20.8. The van der Waals surface area contributed by atoms with Crippen LogP contribution >= 0.6 is 11.3 Å². The lowest BCUT2D eigenvalue weighted by atomic mass is 10.2. The fourth-order valence-electron chi connectivity index (χ4n) is 2.63. The summed E-state index contributed by atoms with van der Waals surface area (Å²) in [5, 5.41) is 4.52. The number of aromatic nitrogens is 1. The predicted octanol–water partition coefficient (Wildman–Crippen LogP) is 2.70. The largest absolute Gasteiger partial charge is 0.493 e. The molecule has 152 valence electrons. The third-order valence-electron chi connectivity index (χ3n) is 4.04. The van der Waals surface area contributed by atoms with Crippen LogP contribution in [-0.4, -0.2) is 37.1 Å². The molecular weight excluding hydrogens is 394 g/mol. The van der Waals surface area contributed by atoms with E-state index in [2.05, 4.69) is 10.3 Å². The normalized spacial score (nSPS) is 11.3. The van der Waals surface area contributed by atoms with Gasteiger partial charge >= 0.3 is 0 Å². The van der Waals surface area contributed by atoms with Crippen LogP contribution in [0.4, 0.5) is 0 Å². The zero-order valence-electron chi connectivity index (χ0n) is 16.3. The van der Waals surface area contributed by atoms with Crippen molar-refractivity contribution in [3.05, 3.63) is 63.8 Å². The number of nitrogens with zero attached hydrogens (tertiary/aromatic N) is 2. The predicted molar refractivity (Wildman–Crippen MR) is 108 cm³/mol. The summed E-state index contributed by atoms with van der Waals surface area (Å²) >= 11 is 1.33. The van der Waals surface area contributed by atoms with Crippen LogP contribution in [-0.2, 0) is 6.54 Å². The average molecular weight is 415 g/mol. The highest BCUT2D eigenvalue weighted by atomic mass is 32.1.